The molecule has 3 N–H and O–H groups in total. The van der Waals surface area contributed by atoms with Gasteiger partial charge in [0.25, 0.3) is 5.56 Å². The number of pyridine rings is 1. The molecule has 5 aromatic rings. The van der Waals surface area contributed by atoms with Gasteiger partial charge < -0.3 is 24.8 Å². The predicted octanol–water partition coefficient (Wildman–Crippen LogP) is 3.18. The Balaban J connectivity index is 1.62. The number of hydrogen-bond acceptors (Lipinski definition) is 8. The van der Waals surface area contributed by atoms with Gasteiger partial charge >= 0.3 is 0 Å². The Morgan fingerprint density at radius 1 is 1.14 bits per heavy atom. The van der Waals surface area contributed by atoms with Gasteiger partial charge in [-0.3, -0.25) is 9.48 Å². The molecule has 0 aliphatic rings. The average Bonchev–Trinajstić information content (AvgIpc) is 3.44. The molecule has 0 bridgehead atoms. The van der Waals surface area contributed by atoms with Gasteiger partial charge in [-0.15, -0.1) is 0 Å². The first-order valence-corrected chi connectivity index (χ1v) is 11.3. The number of H-pyrrole nitrogens is 2. The second kappa shape index (κ2) is 9.55. The molecule has 11 heteroatoms. The molecule has 0 fully saturated rings. The lowest BCUT2D eigenvalue weighted by atomic mass is 10.1. The Hall–Kier alpha value is -4.25. The fourth-order valence-corrected chi connectivity index (χ4v) is 4.00. The number of ether oxygens (including phenoxy) is 2. The Labute approximate surface area is 200 Å². The quantitative estimate of drug-likeness (QED) is 0.277. The minimum atomic E-state index is -0.285. The second-order valence-corrected chi connectivity index (χ2v) is 8.09. The third kappa shape index (κ3) is 4.45. The number of rotatable bonds is 9. The third-order valence-electron chi connectivity index (χ3n) is 5.66. The Morgan fingerprint density at radius 2 is 1.97 bits per heavy atom. The van der Waals surface area contributed by atoms with Gasteiger partial charge in [0.2, 0.25) is 0 Å². The largest absolute Gasteiger partial charge is 0.491 e. The SMILES string of the molecule is CC[C@@H](Nc1c(-c2nc3ccc(OCCOC)cc3[nH]2)c(=O)[nH]c2cn(C)nc12)c1ncccn1. The van der Waals surface area contributed by atoms with E-state index in [1.165, 1.54) is 0 Å². The van der Waals surface area contributed by atoms with Crippen molar-refractivity contribution in [1.29, 1.82) is 0 Å². The van der Waals surface area contributed by atoms with Crippen LogP contribution in [0.2, 0.25) is 0 Å². The molecule has 0 radical (unpaired) electrons. The molecule has 180 valence electrons. The first kappa shape index (κ1) is 22.5. The van der Waals surface area contributed by atoms with E-state index in [0.29, 0.717) is 64.8 Å². The van der Waals surface area contributed by atoms with E-state index in [-0.39, 0.29) is 11.6 Å². The van der Waals surface area contributed by atoms with Crippen LogP contribution in [0, 0.1) is 0 Å². The molecule has 0 unspecified atom stereocenters. The zero-order valence-corrected chi connectivity index (χ0v) is 19.7. The first-order valence-electron chi connectivity index (χ1n) is 11.3. The van der Waals surface area contributed by atoms with Gasteiger partial charge in [-0.25, -0.2) is 15.0 Å². The first-order chi connectivity index (χ1) is 17.1. The maximum absolute atomic E-state index is 13.3. The molecule has 4 aromatic heterocycles. The minimum Gasteiger partial charge on any atom is -0.491 e. The third-order valence-corrected chi connectivity index (χ3v) is 5.66. The lowest BCUT2D eigenvalue weighted by molar-refractivity contribution is 0.146. The van der Waals surface area contributed by atoms with Crippen molar-refractivity contribution >= 4 is 27.8 Å². The number of aryl methyl sites for hydroxylation is 1. The van der Waals surface area contributed by atoms with Crippen molar-refractivity contribution in [3.63, 3.8) is 0 Å². The summed E-state index contributed by atoms with van der Waals surface area (Å²) in [5.41, 5.74) is 3.36. The lowest BCUT2D eigenvalue weighted by Gasteiger charge is -2.18. The van der Waals surface area contributed by atoms with Crippen molar-refractivity contribution in [3.05, 3.63) is 59.0 Å². The normalized spacial score (nSPS) is 12.3. The van der Waals surface area contributed by atoms with E-state index in [1.807, 2.05) is 32.2 Å². The summed E-state index contributed by atoms with van der Waals surface area (Å²) in [6.07, 6.45) is 5.88. The summed E-state index contributed by atoms with van der Waals surface area (Å²) in [6, 6.07) is 7.09. The molecule has 11 nitrogen and oxygen atoms in total. The maximum Gasteiger partial charge on any atom is 0.261 e. The number of nitrogens with zero attached hydrogens (tertiary/aromatic N) is 5. The smallest absolute Gasteiger partial charge is 0.261 e. The molecule has 0 aliphatic carbocycles. The molecule has 0 amide bonds. The molecule has 1 aromatic carbocycles. The highest BCUT2D eigenvalue weighted by Crippen LogP contribution is 2.33. The molecule has 0 saturated heterocycles. The van der Waals surface area contributed by atoms with Crippen molar-refractivity contribution in [1.82, 2.24) is 34.7 Å². The Morgan fingerprint density at radius 3 is 2.74 bits per heavy atom. The van der Waals surface area contributed by atoms with Crippen LogP contribution in [-0.2, 0) is 11.8 Å². The molecule has 5 rings (SSSR count). The van der Waals surface area contributed by atoms with Crippen LogP contribution in [0.15, 0.2) is 47.7 Å². The summed E-state index contributed by atoms with van der Waals surface area (Å²) in [5, 5.41) is 8.08. The summed E-state index contributed by atoms with van der Waals surface area (Å²) < 4.78 is 12.4. The van der Waals surface area contributed by atoms with Crippen LogP contribution < -0.4 is 15.6 Å². The van der Waals surface area contributed by atoms with E-state index < -0.39 is 0 Å². The number of nitrogens with one attached hydrogen (secondary N) is 3. The standard InChI is InChI=1S/C24H26N8O3/c1-4-15(22-25-8-5-9-26-22)27-21-19(24(33)30-18-13-32(2)31-20(18)21)23-28-16-7-6-14(12-17(16)29-23)35-11-10-34-3/h5-9,12-13,15,27H,4,10-11H2,1-3H3,(H,28,29)(H,30,33)/t15-/m1/s1. The predicted molar refractivity (Wildman–Crippen MR) is 132 cm³/mol. The van der Waals surface area contributed by atoms with Gasteiger partial charge in [-0.1, -0.05) is 6.92 Å². The summed E-state index contributed by atoms with van der Waals surface area (Å²) in [6.45, 7) is 2.96. The van der Waals surface area contributed by atoms with Crippen LogP contribution >= 0.6 is 0 Å². The summed E-state index contributed by atoms with van der Waals surface area (Å²) in [5.74, 6) is 1.74. The Kier molecular flexibility index (Phi) is 6.15. The highest BCUT2D eigenvalue weighted by Gasteiger charge is 2.23. The van der Waals surface area contributed by atoms with Crippen molar-refractivity contribution in [2.24, 2.45) is 7.05 Å². The van der Waals surface area contributed by atoms with E-state index in [1.54, 1.807) is 36.4 Å². The molecule has 35 heavy (non-hydrogen) atoms. The van der Waals surface area contributed by atoms with Crippen LogP contribution in [0.1, 0.15) is 25.2 Å². The summed E-state index contributed by atoms with van der Waals surface area (Å²) in [4.78, 5) is 33.0. The number of imidazole rings is 1. The van der Waals surface area contributed by atoms with E-state index in [4.69, 9.17) is 14.5 Å². The fraction of sp³-hybridized carbons (Fsp3) is 0.292. The van der Waals surface area contributed by atoms with Gasteiger partial charge in [-0.05, 0) is 24.6 Å². The topological polar surface area (TPSA) is 136 Å². The number of hydrogen-bond donors (Lipinski definition) is 3. The highest BCUT2D eigenvalue weighted by atomic mass is 16.5. The van der Waals surface area contributed by atoms with Crippen LogP contribution in [-0.4, -0.2) is 55.0 Å². The van der Waals surface area contributed by atoms with Gasteiger partial charge in [0.1, 0.15) is 35.1 Å². The molecular formula is C24H26N8O3. The van der Waals surface area contributed by atoms with Crippen LogP contribution in [0.3, 0.4) is 0 Å². The zero-order valence-electron chi connectivity index (χ0n) is 19.7. The molecule has 0 spiro atoms. The molecular weight excluding hydrogens is 448 g/mol. The molecule has 0 aliphatic heterocycles. The number of fused-ring (bicyclic) bond motifs is 2. The lowest BCUT2D eigenvalue weighted by Crippen LogP contribution is -2.18. The monoisotopic (exact) mass is 474 g/mol. The van der Waals surface area contributed by atoms with E-state index in [9.17, 15) is 4.79 Å². The number of aromatic nitrogens is 7. The second-order valence-electron chi connectivity index (χ2n) is 8.09. The maximum atomic E-state index is 13.3. The van der Waals surface area contributed by atoms with Gasteiger partial charge in [0, 0.05) is 38.8 Å². The molecule has 0 saturated carbocycles. The number of anilines is 1. The van der Waals surface area contributed by atoms with Crippen LogP contribution in [0.25, 0.3) is 33.5 Å². The molecule has 1 atom stereocenters. The fourth-order valence-electron chi connectivity index (χ4n) is 4.00. The number of benzene rings is 1. The van der Waals surface area contributed by atoms with Crippen molar-refractivity contribution in [3.8, 4) is 17.1 Å². The van der Waals surface area contributed by atoms with Crippen LogP contribution in [0.5, 0.6) is 5.75 Å². The van der Waals surface area contributed by atoms with E-state index in [2.05, 4.69) is 30.4 Å². The summed E-state index contributed by atoms with van der Waals surface area (Å²) >= 11 is 0. The van der Waals surface area contributed by atoms with Crippen LogP contribution in [0.4, 0.5) is 5.69 Å². The van der Waals surface area contributed by atoms with Gasteiger partial charge in [0.15, 0.2) is 0 Å². The molecule has 4 heterocycles. The minimum absolute atomic E-state index is 0.230. The number of aromatic amines is 2. The van der Waals surface area contributed by atoms with E-state index in [0.717, 1.165) is 5.52 Å². The highest BCUT2D eigenvalue weighted by molar-refractivity contribution is 5.96. The summed E-state index contributed by atoms with van der Waals surface area (Å²) in [7, 11) is 3.44. The van der Waals surface area contributed by atoms with Gasteiger partial charge in [-0.2, -0.15) is 5.10 Å². The zero-order chi connectivity index (χ0) is 24.4. The average molecular weight is 475 g/mol. The van der Waals surface area contributed by atoms with Crippen molar-refractivity contribution < 1.29 is 9.47 Å². The van der Waals surface area contributed by atoms with E-state index >= 15 is 0 Å². The van der Waals surface area contributed by atoms with Crippen molar-refractivity contribution in [2.75, 3.05) is 25.6 Å². The van der Waals surface area contributed by atoms with Crippen molar-refractivity contribution in [2.45, 2.75) is 19.4 Å². The number of methoxy groups -OCH3 is 1. The van der Waals surface area contributed by atoms with Gasteiger partial charge in [0.05, 0.1) is 34.9 Å². The Bertz CT molecular complexity index is 1520.